The number of rotatable bonds is 2. The molecule has 2 aromatic rings. The Balaban J connectivity index is 2.37. The monoisotopic (exact) mass is 304 g/mol. The second kappa shape index (κ2) is 5.22. The summed E-state index contributed by atoms with van der Waals surface area (Å²) in [5.41, 5.74) is 7.42. The van der Waals surface area contributed by atoms with Crippen LogP contribution < -0.4 is 11.1 Å². The molecular formula is C12H8Cl3FN2. The van der Waals surface area contributed by atoms with Crippen molar-refractivity contribution in [2.75, 3.05) is 11.1 Å². The maximum atomic E-state index is 13.3. The summed E-state index contributed by atoms with van der Waals surface area (Å²) in [5, 5.41) is 3.38. The van der Waals surface area contributed by atoms with E-state index in [-0.39, 0.29) is 10.0 Å². The molecule has 0 atom stereocenters. The standard InChI is InChI=1S/C12H8Cl3FN2/c13-6-1-2-10(17)11(3-6)18-7-4-8(14)12(16)9(15)5-7/h1-5,18H,17H2. The van der Waals surface area contributed by atoms with Gasteiger partial charge in [-0.3, -0.25) is 0 Å². The summed E-state index contributed by atoms with van der Waals surface area (Å²) in [5.74, 6) is -0.650. The van der Waals surface area contributed by atoms with Gasteiger partial charge in [-0.25, -0.2) is 4.39 Å². The zero-order valence-corrected chi connectivity index (χ0v) is 11.2. The third kappa shape index (κ3) is 2.80. The Morgan fingerprint density at radius 3 is 2.22 bits per heavy atom. The first-order valence-electron chi connectivity index (χ1n) is 4.94. The van der Waals surface area contributed by atoms with Crippen LogP contribution in [0.1, 0.15) is 0 Å². The minimum atomic E-state index is -0.650. The van der Waals surface area contributed by atoms with Crippen LogP contribution in [0.4, 0.5) is 21.5 Å². The van der Waals surface area contributed by atoms with E-state index in [1.807, 2.05) is 0 Å². The highest BCUT2D eigenvalue weighted by atomic mass is 35.5. The molecule has 0 aliphatic heterocycles. The largest absolute Gasteiger partial charge is 0.397 e. The average molecular weight is 306 g/mol. The molecule has 0 aliphatic rings. The Hall–Kier alpha value is -1.16. The van der Waals surface area contributed by atoms with Gasteiger partial charge in [0.25, 0.3) is 0 Å². The molecule has 0 bridgehead atoms. The first-order chi connectivity index (χ1) is 8.47. The Morgan fingerprint density at radius 1 is 1.00 bits per heavy atom. The van der Waals surface area contributed by atoms with E-state index < -0.39 is 5.82 Å². The van der Waals surface area contributed by atoms with Gasteiger partial charge in [-0.05, 0) is 30.3 Å². The first kappa shape index (κ1) is 13.3. The van der Waals surface area contributed by atoms with E-state index in [4.69, 9.17) is 40.5 Å². The van der Waals surface area contributed by atoms with Crippen LogP contribution in [0, 0.1) is 5.82 Å². The van der Waals surface area contributed by atoms with Crippen LogP contribution in [-0.2, 0) is 0 Å². The Morgan fingerprint density at radius 2 is 1.61 bits per heavy atom. The Kier molecular flexibility index (Phi) is 3.85. The molecule has 0 unspecified atom stereocenters. The van der Waals surface area contributed by atoms with E-state index in [0.29, 0.717) is 22.1 Å². The van der Waals surface area contributed by atoms with Crippen LogP contribution in [0.3, 0.4) is 0 Å². The van der Waals surface area contributed by atoms with Crippen molar-refractivity contribution < 1.29 is 4.39 Å². The number of halogens is 4. The van der Waals surface area contributed by atoms with Gasteiger partial charge in [-0.15, -0.1) is 0 Å². The van der Waals surface area contributed by atoms with Crippen molar-refractivity contribution in [2.24, 2.45) is 0 Å². The van der Waals surface area contributed by atoms with E-state index >= 15 is 0 Å². The maximum Gasteiger partial charge on any atom is 0.160 e. The molecule has 0 radical (unpaired) electrons. The van der Waals surface area contributed by atoms with Crippen molar-refractivity contribution in [3.63, 3.8) is 0 Å². The number of nitrogens with one attached hydrogen (secondary N) is 1. The van der Waals surface area contributed by atoms with Crippen LogP contribution in [0.15, 0.2) is 30.3 Å². The van der Waals surface area contributed by atoms with Crippen molar-refractivity contribution in [1.29, 1.82) is 0 Å². The second-order valence-electron chi connectivity index (χ2n) is 3.61. The smallest absolute Gasteiger partial charge is 0.160 e. The van der Waals surface area contributed by atoms with Gasteiger partial charge in [-0.2, -0.15) is 0 Å². The van der Waals surface area contributed by atoms with Gasteiger partial charge in [-0.1, -0.05) is 34.8 Å². The normalized spacial score (nSPS) is 10.4. The zero-order chi connectivity index (χ0) is 13.3. The lowest BCUT2D eigenvalue weighted by atomic mass is 10.2. The molecule has 94 valence electrons. The minimum absolute atomic E-state index is 0.0643. The van der Waals surface area contributed by atoms with E-state index in [1.165, 1.54) is 12.1 Å². The van der Waals surface area contributed by atoms with E-state index in [2.05, 4.69) is 5.32 Å². The molecule has 0 fully saturated rings. The van der Waals surface area contributed by atoms with E-state index in [1.54, 1.807) is 18.2 Å². The molecule has 0 aliphatic carbocycles. The lowest BCUT2D eigenvalue weighted by Crippen LogP contribution is -1.96. The quantitative estimate of drug-likeness (QED) is 0.597. The molecule has 3 N–H and O–H groups in total. The highest BCUT2D eigenvalue weighted by molar-refractivity contribution is 6.35. The van der Waals surface area contributed by atoms with Crippen LogP contribution in [-0.4, -0.2) is 0 Å². The van der Waals surface area contributed by atoms with Crippen molar-refractivity contribution in [2.45, 2.75) is 0 Å². The van der Waals surface area contributed by atoms with E-state index in [9.17, 15) is 4.39 Å². The molecule has 0 saturated heterocycles. The molecule has 18 heavy (non-hydrogen) atoms. The number of nitrogens with two attached hydrogens (primary N) is 1. The average Bonchev–Trinajstić information content (AvgIpc) is 2.31. The van der Waals surface area contributed by atoms with Gasteiger partial charge >= 0.3 is 0 Å². The van der Waals surface area contributed by atoms with Gasteiger partial charge in [0.05, 0.1) is 21.4 Å². The number of benzene rings is 2. The minimum Gasteiger partial charge on any atom is -0.397 e. The number of hydrogen-bond acceptors (Lipinski definition) is 2. The lowest BCUT2D eigenvalue weighted by molar-refractivity contribution is 0.629. The molecular weight excluding hydrogens is 298 g/mol. The van der Waals surface area contributed by atoms with Gasteiger partial charge in [0.15, 0.2) is 5.82 Å². The fourth-order valence-electron chi connectivity index (χ4n) is 1.42. The Labute approximate surface area is 118 Å². The molecule has 2 nitrogen and oxygen atoms in total. The van der Waals surface area contributed by atoms with Crippen molar-refractivity contribution >= 4 is 51.9 Å². The topological polar surface area (TPSA) is 38.0 Å². The van der Waals surface area contributed by atoms with Crippen LogP contribution in [0.25, 0.3) is 0 Å². The third-order valence-electron chi connectivity index (χ3n) is 2.28. The van der Waals surface area contributed by atoms with Gasteiger partial charge < -0.3 is 11.1 Å². The van der Waals surface area contributed by atoms with Crippen molar-refractivity contribution in [3.8, 4) is 0 Å². The molecule has 0 saturated carbocycles. The fraction of sp³-hybridized carbons (Fsp3) is 0. The van der Waals surface area contributed by atoms with Crippen molar-refractivity contribution in [3.05, 3.63) is 51.2 Å². The van der Waals surface area contributed by atoms with Crippen LogP contribution >= 0.6 is 34.8 Å². The van der Waals surface area contributed by atoms with Crippen LogP contribution in [0.5, 0.6) is 0 Å². The molecule has 0 heterocycles. The lowest BCUT2D eigenvalue weighted by Gasteiger charge is -2.11. The number of hydrogen-bond donors (Lipinski definition) is 2. The predicted molar refractivity (Wildman–Crippen MR) is 75.6 cm³/mol. The summed E-state index contributed by atoms with van der Waals surface area (Å²) in [4.78, 5) is 0. The molecule has 2 aromatic carbocycles. The van der Waals surface area contributed by atoms with Crippen LogP contribution in [0.2, 0.25) is 15.1 Å². The third-order valence-corrected chi connectivity index (χ3v) is 3.06. The van der Waals surface area contributed by atoms with Gasteiger partial charge in [0, 0.05) is 10.7 Å². The molecule has 2 rings (SSSR count). The number of anilines is 3. The summed E-state index contributed by atoms with van der Waals surface area (Å²) >= 11 is 17.3. The van der Waals surface area contributed by atoms with E-state index in [0.717, 1.165) is 0 Å². The van der Waals surface area contributed by atoms with Crippen molar-refractivity contribution in [1.82, 2.24) is 0 Å². The van der Waals surface area contributed by atoms with Gasteiger partial charge in [0.2, 0.25) is 0 Å². The fourth-order valence-corrected chi connectivity index (χ4v) is 2.08. The first-order valence-corrected chi connectivity index (χ1v) is 6.07. The summed E-state index contributed by atoms with van der Waals surface area (Å²) in [6, 6.07) is 7.83. The highest BCUT2D eigenvalue weighted by Crippen LogP contribution is 2.31. The second-order valence-corrected chi connectivity index (χ2v) is 4.86. The highest BCUT2D eigenvalue weighted by Gasteiger charge is 2.08. The summed E-state index contributed by atoms with van der Waals surface area (Å²) < 4.78 is 13.3. The van der Waals surface area contributed by atoms with Gasteiger partial charge in [0.1, 0.15) is 0 Å². The maximum absolute atomic E-state index is 13.3. The molecule has 0 amide bonds. The zero-order valence-electron chi connectivity index (χ0n) is 8.98. The summed E-state index contributed by atoms with van der Waals surface area (Å²) in [6.45, 7) is 0. The predicted octanol–water partition coefficient (Wildman–Crippen LogP) is 5.11. The molecule has 0 spiro atoms. The SMILES string of the molecule is Nc1ccc(Cl)cc1Nc1cc(Cl)c(F)c(Cl)c1. The summed E-state index contributed by atoms with van der Waals surface area (Å²) in [7, 11) is 0. The molecule has 0 aromatic heterocycles. The number of nitrogen functional groups attached to an aromatic ring is 1. The Bertz CT molecular complexity index is 579. The molecule has 6 heteroatoms. The summed E-state index contributed by atoms with van der Waals surface area (Å²) in [6.07, 6.45) is 0.